The summed E-state index contributed by atoms with van der Waals surface area (Å²) < 4.78 is 0. The van der Waals surface area contributed by atoms with E-state index in [-0.39, 0.29) is 23.2 Å². The topological polar surface area (TPSA) is 55.1 Å². The van der Waals surface area contributed by atoms with Crippen LogP contribution in [0.3, 0.4) is 0 Å². The smallest absolute Gasteiger partial charge is 0.229 e. The number of amides is 1. The lowest BCUT2D eigenvalue weighted by molar-refractivity contribution is -0.121. The second kappa shape index (κ2) is 5.01. The SMILES string of the molecule is C=C(N)[C@H]1C(=O)NC[C@@H]1/C(C)=C/C(=C)C(C)(C)C. The maximum atomic E-state index is 11.7. The van der Waals surface area contributed by atoms with Gasteiger partial charge in [0.05, 0.1) is 5.92 Å². The van der Waals surface area contributed by atoms with Gasteiger partial charge in [0.2, 0.25) is 5.91 Å². The largest absolute Gasteiger partial charge is 0.402 e. The summed E-state index contributed by atoms with van der Waals surface area (Å²) in [6.45, 7) is 16.8. The first-order valence-electron chi connectivity index (χ1n) is 6.24. The molecule has 1 amide bonds. The van der Waals surface area contributed by atoms with Gasteiger partial charge in [0.1, 0.15) is 0 Å². The number of rotatable bonds is 3. The third-order valence-electron chi connectivity index (χ3n) is 3.53. The van der Waals surface area contributed by atoms with Gasteiger partial charge in [-0.15, -0.1) is 0 Å². The summed E-state index contributed by atoms with van der Waals surface area (Å²) in [6.07, 6.45) is 2.07. The maximum absolute atomic E-state index is 11.7. The van der Waals surface area contributed by atoms with E-state index in [2.05, 4.69) is 45.3 Å². The zero-order chi connectivity index (χ0) is 14.1. The van der Waals surface area contributed by atoms with Crippen LogP contribution in [0.4, 0.5) is 0 Å². The summed E-state index contributed by atoms with van der Waals surface area (Å²) >= 11 is 0. The molecule has 0 bridgehead atoms. The number of nitrogens with one attached hydrogen (secondary N) is 1. The molecule has 0 aromatic rings. The average molecular weight is 248 g/mol. The predicted octanol–water partition coefficient (Wildman–Crippen LogP) is 2.37. The van der Waals surface area contributed by atoms with E-state index < -0.39 is 0 Å². The van der Waals surface area contributed by atoms with Gasteiger partial charge in [-0.1, -0.05) is 45.6 Å². The van der Waals surface area contributed by atoms with Crippen LogP contribution < -0.4 is 11.1 Å². The molecule has 3 heteroatoms. The first kappa shape index (κ1) is 14.6. The Labute approximate surface area is 110 Å². The Hall–Kier alpha value is -1.51. The summed E-state index contributed by atoms with van der Waals surface area (Å²) in [4.78, 5) is 11.7. The monoisotopic (exact) mass is 248 g/mol. The summed E-state index contributed by atoms with van der Waals surface area (Å²) in [5, 5.41) is 2.84. The Kier molecular flexibility index (Phi) is 4.05. The standard InChI is InChI=1S/C15H24N2O/c1-9(7-10(2)15(4,5)6)12-8-17-14(18)13(12)11(3)16/h7,12-13H,2-3,8,16H2,1,4-6H3,(H,17,18)/b9-7+/t12-,13-/m1/s1. The Balaban J connectivity index is 2.94. The minimum atomic E-state index is -0.311. The molecule has 100 valence electrons. The highest BCUT2D eigenvalue weighted by Crippen LogP contribution is 2.32. The van der Waals surface area contributed by atoms with Crippen LogP contribution in [0.1, 0.15) is 27.7 Å². The van der Waals surface area contributed by atoms with Crippen LogP contribution >= 0.6 is 0 Å². The Morgan fingerprint density at radius 1 is 1.44 bits per heavy atom. The van der Waals surface area contributed by atoms with Crippen molar-refractivity contribution in [1.82, 2.24) is 5.32 Å². The van der Waals surface area contributed by atoms with Crippen LogP contribution in [-0.4, -0.2) is 12.5 Å². The highest BCUT2D eigenvalue weighted by Gasteiger charge is 2.36. The molecule has 0 unspecified atom stereocenters. The van der Waals surface area contributed by atoms with Crippen LogP contribution in [0.25, 0.3) is 0 Å². The van der Waals surface area contributed by atoms with E-state index in [4.69, 9.17) is 5.73 Å². The van der Waals surface area contributed by atoms with E-state index in [1.165, 1.54) is 0 Å². The molecule has 0 aromatic heterocycles. The van der Waals surface area contributed by atoms with E-state index in [0.717, 1.165) is 11.1 Å². The van der Waals surface area contributed by atoms with Crippen molar-refractivity contribution in [1.29, 1.82) is 0 Å². The van der Waals surface area contributed by atoms with Gasteiger partial charge in [-0.2, -0.15) is 0 Å². The van der Waals surface area contributed by atoms with Crippen LogP contribution in [0.15, 0.2) is 36.1 Å². The molecule has 1 rings (SSSR count). The van der Waals surface area contributed by atoms with E-state index >= 15 is 0 Å². The molecule has 0 spiro atoms. The van der Waals surface area contributed by atoms with E-state index in [1.807, 2.05) is 6.92 Å². The number of hydrogen-bond donors (Lipinski definition) is 2. The zero-order valence-electron chi connectivity index (χ0n) is 11.8. The Morgan fingerprint density at radius 3 is 2.44 bits per heavy atom. The van der Waals surface area contributed by atoms with Gasteiger partial charge >= 0.3 is 0 Å². The fourth-order valence-electron chi connectivity index (χ4n) is 2.07. The molecule has 18 heavy (non-hydrogen) atoms. The van der Waals surface area contributed by atoms with Gasteiger partial charge in [0, 0.05) is 18.2 Å². The van der Waals surface area contributed by atoms with Crippen LogP contribution in [-0.2, 0) is 4.79 Å². The number of hydrogen-bond acceptors (Lipinski definition) is 2. The molecular formula is C15H24N2O. The van der Waals surface area contributed by atoms with Gasteiger partial charge < -0.3 is 11.1 Å². The maximum Gasteiger partial charge on any atom is 0.229 e. The predicted molar refractivity (Wildman–Crippen MR) is 75.7 cm³/mol. The first-order chi connectivity index (χ1) is 8.14. The molecule has 0 radical (unpaired) electrons. The summed E-state index contributed by atoms with van der Waals surface area (Å²) in [5.41, 5.74) is 8.38. The second-order valence-electron chi connectivity index (χ2n) is 6.07. The highest BCUT2D eigenvalue weighted by molar-refractivity contribution is 5.84. The number of carbonyl (C=O) groups excluding carboxylic acids is 1. The number of carbonyl (C=O) groups is 1. The number of nitrogens with two attached hydrogens (primary N) is 1. The van der Waals surface area contributed by atoms with Gasteiger partial charge in [-0.05, 0) is 17.9 Å². The van der Waals surface area contributed by atoms with Crippen molar-refractivity contribution in [3.05, 3.63) is 36.1 Å². The normalized spacial score (nSPS) is 24.9. The van der Waals surface area contributed by atoms with Crippen molar-refractivity contribution in [2.45, 2.75) is 27.7 Å². The third kappa shape index (κ3) is 3.03. The molecule has 1 aliphatic heterocycles. The van der Waals surface area contributed by atoms with E-state index in [0.29, 0.717) is 12.2 Å². The molecule has 0 aliphatic carbocycles. The van der Waals surface area contributed by atoms with Gasteiger partial charge in [0.25, 0.3) is 0 Å². The quantitative estimate of drug-likeness (QED) is 0.753. The molecule has 3 nitrogen and oxygen atoms in total. The molecule has 1 aliphatic rings. The Morgan fingerprint density at radius 2 is 2.00 bits per heavy atom. The third-order valence-corrected chi connectivity index (χ3v) is 3.53. The molecule has 3 N–H and O–H groups in total. The van der Waals surface area contributed by atoms with Gasteiger partial charge in [0.15, 0.2) is 0 Å². The lowest BCUT2D eigenvalue weighted by Gasteiger charge is -2.22. The van der Waals surface area contributed by atoms with Crippen LogP contribution in [0.2, 0.25) is 0 Å². The molecule has 2 atom stereocenters. The Bertz CT molecular complexity index is 413. The first-order valence-corrected chi connectivity index (χ1v) is 6.24. The van der Waals surface area contributed by atoms with Crippen molar-refractivity contribution in [2.24, 2.45) is 23.0 Å². The summed E-state index contributed by atoms with van der Waals surface area (Å²) in [7, 11) is 0. The molecule has 0 saturated carbocycles. The summed E-state index contributed by atoms with van der Waals surface area (Å²) in [6, 6.07) is 0. The van der Waals surface area contributed by atoms with E-state index in [9.17, 15) is 4.79 Å². The van der Waals surface area contributed by atoms with E-state index in [1.54, 1.807) is 0 Å². The summed E-state index contributed by atoms with van der Waals surface area (Å²) in [5.74, 6) is -0.246. The van der Waals surface area contributed by atoms with Crippen molar-refractivity contribution in [3.63, 3.8) is 0 Å². The van der Waals surface area contributed by atoms with Crippen molar-refractivity contribution >= 4 is 5.91 Å². The second-order valence-corrected chi connectivity index (χ2v) is 6.07. The van der Waals surface area contributed by atoms with Gasteiger partial charge in [-0.3, -0.25) is 4.79 Å². The lowest BCUT2D eigenvalue weighted by Crippen LogP contribution is -2.25. The van der Waals surface area contributed by atoms with Crippen molar-refractivity contribution in [2.75, 3.05) is 6.54 Å². The minimum absolute atomic E-state index is 0.0263. The number of allylic oxidation sites excluding steroid dienone is 2. The molecular weight excluding hydrogens is 224 g/mol. The van der Waals surface area contributed by atoms with Gasteiger partial charge in [-0.25, -0.2) is 0 Å². The molecule has 1 fully saturated rings. The average Bonchev–Trinajstić information content (AvgIpc) is 2.58. The van der Waals surface area contributed by atoms with Crippen molar-refractivity contribution in [3.8, 4) is 0 Å². The van der Waals surface area contributed by atoms with Crippen LogP contribution in [0, 0.1) is 17.3 Å². The minimum Gasteiger partial charge on any atom is -0.402 e. The highest BCUT2D eigenvalue weighted by atomic mass is 16.2. The van der Waals surface area contributed by atoms with Crippen molar-refractivity contribution < 1.29 is 4.79 Å². The zero-order valence-corrected chi connectivity index (χ0v) is 11.8. The fraction of sp³-hybridized carbons (Fsp3) is 0.533. The molecule has 1 saturated heterocycles. The van der Waals surface area contributed by atoms with Crippen LogP contribution in [0.5, 0.6) is 0 Å². The molecule has 1 heterocycles. The fourth-order valence-corrected chi connectivity index (χ4v) is 2.07. The molecule has 0 aromatic carbocycles. The lowest BCUT2D eigenvalue weighted by atomic mass is 9.82.